The van der Waals surface area contributed by atoms with Crippen molar-refractivity contribution in [2.24, 2.45) is 4.99 Å². The summed E-state index contributed by atoms with van der Waals surface area (Å²) in [6.45, 7) is 0.597. The van der Waals surface area contributed by atoms with E-state index in [9.17, 15) is 4.79 Å². The lowest BCUT2D eigenvalue weighted by molar-refractivity contribution is 0.0714. The van der Waals surface area contributed by atoms with Crippen molar-refractivity contribution in [1.82, 2.24) is 4.90 Å². The highest BCUT2D eigenvalue weighted by atomic mass is 16.2. The number of carbonyl (C=O) groups is 1. The third-order valence-electron chi connectivity index (χ3n) is 5.27. The van der Waals surface area contributed by atoms with Crippen LogP contribution < -0.4 is 0 Å². The van der Waals surface area contributed by atoms with E-state index in [0.29, 0.717) is 6.54 Å². The highest BCUT2D eigenvalue weighted by Gasteiger charge is 2.38. The zero-order valence-corrected chi connectivity index (χ0v) is 14.3. The molecule has 1 atom stereocenters. The molecule has 3 aromatic carbocycles. The fraction of sp³-hybridized carbons (Fsp3) is 0.130. The van der Waals surface area contributed by atoms with Crippen molar-refractivity contribution in [2.45, 2.75) is 19.0 Å². The van der Waals surface area contributed by atoms with Crippen LogP contribution in [0.15, 0.2) is 83.9 Å². The molecule has 1 amide bonds. The van der Waals surface area contributed by atoms with Crippen molar-refractivity contribution >= 4 is 17.3 Å². The van der Waals surface area contributed by atoms with E-state index >= 15 is 0 Å². The van der Waals surface area contributed by atoms with Crippen molar-refractivity contribution in [1.29, 1.82) is 0 Å². The molecule has 126 valence electrons. The second-order valence-corrected chi connectivity index (χ2v) is 6.79. The molecule has 0 fully saturated rings. The molecule has 0 N–H and O–H groups in total. The summed E-state index contributed by atoms with van der Waals surface area (Å²) in [4.78, 5) is 20.0. The molecule has 1 unspecified atom stereocenters. The monoisotopic (exact) mass is 338 g/mol. The normalized spacial score (nSPS) is 18.3. The molecule has 0 radical (unpaired) electrons. The molecule has 0 saturated carbocycles. The van der Waals surface area contributed by atoms with Gasteiger partial charge in [-0.1, -0.05) is 66.7 Å². The Balaban J connectivity index is 1.69. The highest BCUT2D eigenvalue weighted by molar-refractivity contribution is 6.05. The van der Waals surface area contributed by atoms with Crippen LogP contribution in [0.5, 0.6) is 0 Å². The summed E-state index contributed by atoms with van der Waals surface area (Å²) in [5.41, 5.74) is 6.11. The Hall–Kier alpha value is -3.20. The number of hydrogen-bond acceptors (Lipinski definition) is 2. The van der Waals surface area contributed by atoms with Crippen molar-refractivity contribution in [3.63, 3.8) is 0 Å². The predicted octanol–water partition coefficient (Wildman–Crippen LogP) is 4.91. The van der Waals surface area contributed by atoms with Gasteiger partial charge in [-0.2, -0.15) is 0 Å². The second-order valence-electron chi connectivity index (χ2n) is 6.79. The summed E-state index contributed by atoms with van der Waals surface area (Å²) in [7, 11) is 0. The zero-order chi connectivity index (χ0) is 17.5. The first-order chi connectivity index (χ1) is 12.8. The summed E-state index contributed by atoms with van der Waals surface area (Å²) in [5, 5.41) is 0. The standard InChI is InChI=1S/C23H18N2O/c26-23-19-12-6-5-11-18(19)22-14-21(16-8-2-1-3-9-16)24-20-13-7-4-10-17(20)15-25(22)23/h1-13,22H,14-15H2. The van der Waals surface area contributed by atoms with Crippen LogP contribution in [0, 0.1) is 0 Å². The lowest BCUT2D eigenvalue weighted by Crippen LogP contribution is -2.30. The van der Waals surface area contributed by atoms with Gasteiger partial charge in [0.25, 0.3) is 5.91 Å². The molecular weight excluding hydrogens is 320 g/mol. The minimum atomic E-state index is 0.0333. The molecule has 2 heterocycles. The van der Waals surface area contributed by atoms with Gasteiger partial charge in [-0.05, 0) is 28.8 Å². The van der Waals surface area contributed by atoms with Crippen LogP contribution in [0.1, 0.15) is 39.5 Å². The van der Waals surface area contributed by atoms with Crippen LogP contribution in [0.2, 0.25) is 0 Å². The topological polar surface area (TPSA) is 32.7 Å². The van der Waals surface area contributed by atoms with Crippen LogP contribution in [0.3, 0.4) is 0 Å². The average molecular weight is 338 g/mol. The molecule has 0 spiro atoms. The van der Waals surface area contributed by atoms with Gasteiger partial charge in [0.15, 0.2) is 0 Å². The zero-order valence-electron chi connectivity index (χ0n) is 14.3. The van der Waals surface area contributed by atoms with Gasteiger partial charge in [0.05, 0.1) is 17.4 Å². The van der Waals surface area contributed by atoms with Crippen molar-refractivity contribution in [3.05, 3.63) is 101 Å². The van der Waals surface area contributed by atoms with Gasteiger partial charge in [-0.25, -0.2) is 0 Å². The number of amides is 1. The van der Waals surface area contributed by atoms with Crippen LogP contribution in [-0.4, -0.2) is 16.5 Å². The Kier molecular flexibility index (Phi) is 3.45. The van der Waals surface area contributed by atoms with E-state index < -0.39 is 0 Å². The van der Waals surface area contributed by atoms with Gasteiger partial charge in [0, 0.05) is 18.5 Å². The molecule has 26 heavy (non-hydrogen) atoms. The van der Waals surface area contributed by atoms with Gasteiger partial charge in [0.2, 0.25) is 0 Å². The number of para-hydroxylation sites is 1. The maximum Gasteiger partial charge on any atom is 0.255 e. The summed E-state index contributed by atoms with van der Waals surface area (Å²) in [5.74, 6) is 0.120. The van der Waals surface area contributed by atoms with E-state index in [2.05, 4.69) is 24.3 Å². The minimum absolute atomic E-state index is 0.0333. The molecule has 2 aliphatic heterocycles. The number of rotatable bonds is 1. The van der Waals surface area contributed by atoms with Gasteiger partial charge < -0.3 is 4.90 Å². The molecule has 3 aromatic rings. The molecule has 3 nitrogen and oxygen atoms in total. The lowest BCUT2D eigenvalue weighted by atomic mass is 9.95. The fourth-order valence-corrected chi connectivity index (χ4v) is 3.97. The first-order valence-corrected chi connectivity index (χ1v) is 8.92. The number of benzene rings is 3. The van der Waals surface area contributed by atoms with Gasteiger partial charge in [0.1, 0.15) is 0 Å². The molecule has 5 rings (SSSR count). The Morgan fingerprint density at radius 1 is 0.846 bits per heavy atom. The molecule has 0 bridgehead atoms. The van der Waals surface area contributed by atoms with E-state index in [4.69, 9.17) is 4.99 Å². The molecule has 3 heteroatoms. The summed E-state index contributed by atoms with van der Waals surface area (Å²) in [6, 6.07) is 26.4. The van der Waals surface area contributed by atoms with Crippen molar-refractivity contribution in [3.8, 4) is 0 Å². The number of carbonyl (C=O) groups excluding carboxylic acids is 1. The predicted molar refractivity (Wildman–Crippen MR) is 103 cm³/mol. The SMILES string of the molecule is O=C1c2ccccc2C2CC(c3ccccc3)=Nc3ccccc3CN12. The lowest BCUT2D eigenvalue weighted by Gasteiger charge is -2.29. The Bertz CT molecular complexity index is 1020. The van der Waals surface area contributed by atoms with Crippen molar-refractivity contribution < 1.29 is 4.79 Å². The maximum atomic E-state index is 13.0. The number of hydrogen-bond donors (Lipinski definition) is 0. The Morgan fingerprint density at radius 3 is 2.46 bits per heavy atom. The van der Waals surface area contributed by atoms with Gasteiger partial charge in [-0.3, -0.25) is 9.79 Å². The summed E-state index contributed by atoms with van der Waals surface area (Å²) in [6.07, 6.45) is 0.723. The molecule has 0 aliphatic carbocycles. The van der Waals surface area contributed by atoms with E-state index in [0.717, 1.165) is 40.1 Å². The van der Waals surface area contributed by atoms with Crippen LogP contribution in [0.4, 0.5) is 5.69 Å². The van der Waals surface area contributed by atoms with E-state index in [1.165, 1.54) is 0 Å². The van der Waals surface area contributed by atoms with Gasteiger partial charge >= 0.3 is 0 Å². The Labute approximate surface area is 152 Å². The highest BCUT2D eigenvalue weighted by Crippen LogP contribution is 2.40. The molecular formula is C23H18N2O. The fourth-order valence-electron chi connectivity index (χ4n) is 3.97. The van der Waals surface area contributed by atoms with Gasteiger partial charge in [-0.15, -0.1) is 0 Å². The number of aliphatic imine (C=N–C) groups is 1. The van der Waals surface area contributed by atoms with Crippen molar-refractivity contribution in [2.75, 3.05) is 0 Å². The van der Waals surface area contributed by atoms with Crippen LogP contribution in [-0.2, 0) is 6.54 Å². The first kappa shape index (κ1) is 15.1. The number of nitrogens with zero attached hydrogens (tertiary/aromatic N) is 2. The maximum absolute atomic E-state index is 13.0. The van der Waals surface area contributed by atoms with Crippen LogP contribution in [0.25, 0.3) is 0 Å². The third kappa shape index (κ3) is 2.36. The summed E-state index contributed by atoms with van der Waals surface area (Å²) < 4.78 is 0. The largest absolute Gasteiger partial charge is 0.327 e. The van der Waals surface area contributed by atoms with E-state index in [-0.39, 0.29) is 11.9 Å². The molecule has 2 aliphatic rings. The number of fused-ring (bicyclic) bond motifs is 4. The third-order valence-corrected chi connectivity index (χ3v) is 5.27. The second kappa shape index (κ2) is 5.95. The first-order valence-electron chi connectivity index (χ1n) is 8.92. The average Bonchev–Trinajstić information content (AvgIpc) is 2.93. The van der Waals surface area contributed by atoms with E-state index in [1.54, 1.807) is 0 Å². The van der Waals surface area contributed by atoms with E-state index in [1.807, 2.05) is 59.5 Å². The Morgan fingerprint density at radius 2 is 1.58 bits per heavy atom. The molecule has 0 aromatic heterocycles. The minimum Gasteiger partial charge on any atom is -0.327 e. The smallest absolute Gasteiger partial charge is 0.255 e. The summed E-state index contributed by atoms with van der Waals surface area (Å²) >= 11 is 0. The molecule has 0 saturated heterocycles. The van der Waals surface area contributed by atoms with Crippen LogP contribution >= 0.6 is 0 Å². The quantitative estimate of drug-likeness (QED) is 0.620.